The van der Waals surface area contributed by atoms with Gasteiger partial charge in [0, 0.05) is 17.1 Å². The number of benzene rings is 3. The molecule has 0 unspecified atom stereocenters. The van der Waals surface area contributed by atoms with Crippen LogP contribution in [0.25, 0.3) is 10.9 Å². The number of halogens is 3. The maximum Gasteiger partial charge on any atom is 0.324 e. The Balaban J connectivity index is 1.49. The van der Waals surface area contributed by atoms with Crippen molar-refractivity contribution in [2.24, 2.45) is 0 Å². The van der Waals surface area contributed by atoms with Crippen molar-refractivity contribution < 1.29 is 27.4 Å². The topological polar surface area (TPSA) is 88.3 Å². The highest BCUT2D eigenvalue weighted by atomic mass is 19.2. The Morgan fingerprint density at radius 1 is 1.00 bits per heavy atom. The van der Waals surface area contributed by atoms with Crippen molar-refractivity contribution in [1.29, 1.82) is 0 Å². The van der Waals surface area contributed by atoms with Gasteiger partial charge in [-0.15, -0.1) is 0 Å². The molecule has 0 aliphatic heterocycles. The monoisotopic (exact) mass is 442 g/mol. The average Bonchev–Trinajstić information content (AvgIpc) is 3.18. The summed E-state index contributed by atoms with van der Waals surface area (Å²) in [4.78, 5) is 12.4. The number of anilines is 2. The van der Waals surface area contributed by atoms with E-state index >= 15 is 0 Å². The van der Waals surface area contributed by atoms with Crippen molar-refractivity contribution in [3.8, 4) is 11.5 Å². The van der Waals surface area contributed by atoms with E-state index in [0.717, 1.165) is 6.07 Å². The maximum absolute atomic E-state index is 13.8. The van der Waals surface area contributed by atoms with E-state index in [2.05, 4.69) is 20.8 Å². The summed E-state index contributed by atoms with van der Waals surface area (Å²) in [5.74, 6) is -2.33. The van der Waals surface area contributed by atoms with E-state index in [4.69, 9.17) is 9.47 Å². The normalized spacial score (nSPS) is 10.8. The number of urea groups is 1. The number of rotatable bonds is 6. The van der Waals surface area contributed by atoms with Gasteiger partial charge in [-0.05, 0) is 42.5 Å². The lowest BCUT2D eigenvalue weighted by atomic mass is 10.2. The maximum atomic E-state index is 13.8. The summed E-state index contributed by atoms with van der Waals surface area (Å²) in [7, 11) is 1.52. The molecule has 0 saturated heterocycles. The third-order valence-electron chi connectivity index (χ3n) is 4.62. The van der Waals surface area contributed by atoms with Crippen LogP contribution in [0.4, 0.5) is 29.5 Å². The molecule has 0 atom stereocenters. The Morgan fingerprint density at radius 3 is 2.62 bits per heavy atom. The van der Waals surface area contributed by atoms with Gasteiger partial charge in [-0.25, -0.2) is 18.0 Å². The lowest BCUT2D eigenvalue weighted by molar-refractivity contribution is 0.262. The molecule has 0 aliphatic carbocycles. The lowest BCUT2D eigenvalue weighted by Crippen LogP contribution is -2.19. The Morgan fingerprint density at radius 2 is 1.81 bits per heavy atom. The van der Waals surface area contributed by atoms with Gasteiger partial charge < -0.3 is 14.8 Å². The second-order valence-electron chi connectivity index (χ2n) is 6.70. The van der Waals surface area contributed by atoms with Crippen LogP contribution in [-0.4, -0.2) is 23.3 Å². The first-order valence-electron chi connectivity index (χ1n) is 9.40. The van der Waals surface area contributed by atoms with Crippen LogP contribution in [0.1, 0.15) is 5.56 Å². The zero-order valence-electron chi connectivity index (χ0n) is 16.7. The van der Waals surface area contributed by atoms with E-state index in [9.17, 15) is 18.0 Å². The summed E-state index contributed by atoms with van der Waals surface area (Å²) in [6.07, 6.45) is 0. The number of aromatic nitrogens is 2. The van der Waals surface area contributed by atoms with Gasteiger partial charge in [0.1, 0.15) is 23.9 Å². The molecule has 4 aromatic rings. The van der Waals surface area contributed by atoms with Crippen molar-refractivity contribution in [1.82, 2.24) is 10.2 Å². The standard InChI is InChI=1S/C22H17F3N4O3/c1-31-13-4-2-3-12(9-13)26-22(30)27-21-15-10-14(5-8-19(15)28-29-21)32-11-16-17(23)6-7-18(24)20(16)25/h2-10H,11H2,1H3,(H3,26,27,28,29,30). The van der Waals surface area contributed by atoms with Crippen LogP contribution in [0.2, 0.25) is 0 Å². The SMILES string of the molecule is COc1cccc(NC(=O)Nc2n[nH]c3ccc(OCc4c(F)ccc(F)c4F)cc23)c1. The van der Waals surface area contributed by atoms with Crippen LogP contribution in [-0.2, 0) is 6.61 Å². The van der Waals surface area contributed by atoms with Gasteiger partial charge in [-0.3, -0.25) is 10.4 Å². The summed E-state index contributed by atoms with van der Waals surface area (Å²) < 4.78 is 51.6. The van der Waals surface area contributed by atoms with Crippen LogP contribution < -0.4 is 20.1 Å². The highest BCUT2D eigenvalue weighted by molar-refractivity contribution is 6.04. The predicted molar refractivity (Wildman–Crippen MR) is 112 cm³/mol. The number of ether oxygens (including phenoxy) is 2. The highest BCUT2D eigenvalue weighted by Crippen LogP contribution is 2.27. The molecule has 10 heteroatoms. The Bertz CT molecular complexity index is 1290. The molecule has 0 bridgehead atoms. The molecule has 7 nitrogen and oxygen atoms in total. The zero-order valence-corrected chi connectivity index (χ0v) is 16.7. The summed E-state index contributed by atoms with van der Waals surface area (Å²) in [6, 6.07) is 12.5. The number of hydrogen-bond acceptors (Lipinski definition) is 4. The number of hydrogen-bond donors (Lipinski definition) is 3. The fourth-order valence-corrected chi connectivity index (χ4v) is 3.01. The number of H-pyrrole nitrogens is 1. The molecule has 0 radical (unpaired) electrons. The number of methoxy groups -OCH3 is 1. The van der Waals surface area contributed by atoms with Crippen molar-refractivity contribution in [2.75, 3.05) is 17.7 Å². The van der Waals surface area contributed by atoms with E-state index in [1.807, 2.05) is 0 Å². The third-order valence-corrected chi connectivity index (χ3v) is 4.62. The minimum atomic E-state index is -1.30. The van der Waals surface area contributed by atoms with E-state index in [1.165, 1.54) is 13.2 Å². The second kappa shape index (κ2) is 8.88. The van der Waals surface area contributed by atoms with Crippen LogP contribution >= 0.6 is 0 Å². The van der Waals surface area contributed by atoms with Crippen molar-refractivity contribution >= 4 is 28.4 Å². The van der Waals surface area contributed by atoms with Crippen molar-refractivity contribution in [3.05, 3.63) is 77.6 Å². The summed E-state index contributed by atoms with van der Waals surface area (Å²) in [5.41, 5.74) is 0.593. The molecule has 3 aromatic carbocycles. The fraction of sp³-hybridized carbons (Fsp3) is 0.0909. The first-order chi connectivity index (χ1) is 15.4. The molecule has 0 saturated carbocycles. The number of amides is 2. The van der Waals surface area contributed by atoms with Crippen molar-refractivity contribution in [3.63, 3.8) is 0 Å². The zero-order chi connectivity index (χ0) is 22.7. The number of nitrogens with zero attached hydrogens (tertiary/aromatic N) is 1. The number of aromatic amines is 1. The number of fused-ring (bicyclic) bond motifs is 1. The number of nitrogens with one attached hydrogen (secondary N) is 3. The molecule has 0 fully saturated rings. The quantitative estimate of drug-likeness (QED) is 0.358. The third kappa shape index (κ3) is 4.43. The van der Waals surface area contributed by atoms with E-state index in [-0.39, 0.29) is 11.6 Å². The summed E-state index contributed by atoms with van der Waals surface area (Å²) in [6.45, 7) is -0.516. The molecule has 0 spiro atoms. The van der Waals surface area contributed by atoms with Gasteiger partial charge in [0.15, 0.2) is 17.5 Å². The average molecular weight is 442 g/mol. The largest absolute Gasteiger partial charge is 0.497 e. The Kier molecular flexibility index (Phi) is 5.84. The van der Waals surface area contributed by atoms with E-state index in [0.29, 0.717) is 28.4 Å². The van der Waals surface area contributed by atoms with Crippen LogP contribution in [0, 0.1) is 17.5 Å². The van der Waals surface area contributed by atoms with Gasteiger partial charge in [0.2, 0.25) is 0 Å². The fourth-order valence-electron chi connectivity index (χ4n) is 3.01. The highest BCUT2D eigenvalue weighted by Gasteiger charge is 2.15. The molecule has 0 aliphatic rings. The van der Waals surface area contributed by atoms with Gasteiger partial charge >= 0.3 is 6.03 Å². The Hall–Kier alpha value is -4.21. The second-order valence-corrected chi connectivity index (χ2v) is 6.70. The van der Waals surface area contributed by atoms with Crippen molar-refractivity contribution in [2.45, 2.75) is 6.61 Å². The summed E-state index contributed by atoms with van der Waals surface area (Å²) in [5, 5.41) is 12.6. The molecule has 4 rings (SSSR count). The molecule has 1 heterocycles. The lowest BCUT2D eigenvalue weighted by Gasteiger charge is -2.09. The van der Waals surface area contributed by atoms with Gasteiger partial charge in [0.25, 0.3) is 0 Å². The van der Waals surface area contributed by atoms with E-state index in [1.54, 1.807) is 36.4 Å². The summed E-state index contributed by atoms with van der Waals surface area (Å²) >= 11 is 0. The van der Waals surface area contributed by atoms with Crippen LogP contribution in [0.3, 0.4) is 0 Å². The number of carbonyl (C=O) groups excluding carboxylic acids is 1. The first kappa shape index (κ1) is 21.0. The van der Waals surface area contributed by atoms with E-state index < -0.39 is 35.7 Å². The smallest absolute Gasteiger partial charge is 0.324 e. The van der Waals surface area contributed by atoms with Crippen LogP contribution in [0.5, 0.6) is 11.5 Å². The molecular formula is C22H17F3N4O3. The molecule has 3 N–H and O–H groups in total. The first-order valence-corrected chi connectivity index (χ1v) is 9.40. The predicted octanol–water partition coefficient (Wildman–Crippen LogP) is 5.21. The van der Waals surface area contributed by atoms with Crippen LogP contribution in [0.15, 0.2) is 54.6 Å². The minimum absolute atomic E-state index is 0.217. The Labute approximate surface area is 180 Å². The van der Waals surface area contributed by atoms with Gasteiger partial charge in [0.05, 0.1) is 18.2 Å². The molecule has 32 heavy (non-hydrogen) atoms. The minimum Gasteiger partial charge on any atom is -0.497 e. The van der Waals surface area contributed by atoms with Gasteiger partial charge in [-0.2, -0.15) is 5.10 Å². The molecule has 2 amide bonds. The number of carbonyl (C=O) groups is 1. The van der Waals surface area contributed by atoms with Gasteiger partial charge in [-0.1, -0.05) is 6.07 Å². The molecular weight excluding hydrogens is 425 g/mol. The molecule has 164 valence electrons. The molecule has 1 aromatic heterocycles.